The van der Waals surface area contributed by atoms with E-state index in [0.29, 0.717) is 39.6 Å². The van der Waals surface area contributed by atoms with E-state index >= 15 is 0 Å². The zero-order valence-corrected chi connectivity index (χ0v) is 18.6. The maximum Gasteiger partial charge on any atom is 0.182 e. The van der Waals surface area contributed by atoms with Crippen molar-refractivity contribution in [1.82, 2.24) is 0 Å². The Balaban J connectivity index is 3.01. The average molecular weight is 393 g/mol. The smallest absolute Gasteiger partial charge is 0.182 e. The lowest BCUT2D eigenvalue weighted by molar-refractivity contribution is 0.00323. The van der Waals surface area contributed by atoms with Gasteiger partial charge in [0.2, 0.25) is 0 Å². The van der Waals surface area contributed by atoms with Gasteiger partial charge in [-0.05, 0) is 25.6 Å². The summed E-state index contributed by atoms with van der Waals surface area (Å²) in [6.45, 7) is 8.71. The highest BCUT2D eigenvalue weighted by atomic mass is 28.4. The Morgan fingerprint density at radius 2 is 0.923 bits per heavy atom. The first-order valence-electron chi connectivity index (χ1n) is 10.5. The molecule has 0 unspecified atom stereocenters. The highest BCUT2D eigenvalue weighted by Gasteiger charge is 2.15. The van der Waals surface area contributed by atoms with Gasteiger partial charge in [0.1, 0.15) is 0 Å². The molecule has 0 aromatic heterocycles. The summed E-state index contributed by atoms with van der Waals surface area (Å²) in [7, 11) is -0.132. The van der Waals surface area contributed by atoms with Crippen molar-refractivity contribution >= 4 is 8.32 Å². The van der Waals surface area contributed by atoms with E-state index in [-0.39, 0.29) is 0 Å². The summed E-state index contributed by atoms with van der Waals surface area (Å²) in [6.07, 6.45) is 11.6. The molecule has 0 aromatic carbocycles. The minimum Gasteiger partial charge on any atom is -0.432 e. The first kappa shape index (κ1) is 26.0. The minimum atomic E-state index is -1.80. The van der Waals surface area contributed by atoms with Crippen LogP contribution in [0.5, 0.6) is 0 Å². The molecule has 0 aromatic rings. The maximum absolute atomic E-state index is 9.78. The molecule has 0 radical (unpaired) electrons. The lowest BCUT2D eigenvalue weighted by Gasteiger charge is -2.12. The van der Waals surface area contributed by atoms with E-state index in [1.807, 2.05) is 13.1 Å². The van der Waals surface area contributed by atoms with E-state index in [0.717, 1.165) is 19.1 Å². The van der Waals surface area contributed by atoms with Gasteiger partial charge in [-0.2, -0.15) is 0 Å². The van der Waals surface area contributed by atoms with Crippen LogP contribution in [0.2, 0.25) is 19.1 Å². The fourth-order valence-corrected chi connectivity index (χ4v) is 3.80. The van der Waals surface area contributed by atoms with Crippen LogP contribution in [-0.2, 0) is 18.9 Å². The Labute approximate surface area is 162 Å². The van der Waals surface area contributed by atoms with Crippen LogP contribution in [0, 0.1) is 0 Å². The summed E-state index contributed by atoms with van der Waals surface area (Å²) in [5, 5.41) is 0. The van der Waals surface area contributed by atoms with Gasteiger partial charge in [0.05, 0.1) is 39.6 Å². The first-order valence-corrected chi connectivity index (χ1v) is 13.7. The van der Waals surface area contributed by atoms with Crippen molar-refractivity contribution in [3.05, 3.63) is 0 Å². The molecule has 0 amide bonds. The van der Waals surface area contributed by atoms with E-state index < -0.39 is 8.32 Å². The average Bonchev–Trinajstić information content (AvgIpc) is 2.59. The largest absolute Gasteiger partial charge is 0.432 e. The molecule has 0 aliphatic carbocycles. The van der Waals surface area contributed by atoms with Crippen molar-refractivity contribution in [3.63, 3.8) is 0 Å². The van der Waals surface area contributed by atoms with Crippen molar-refractivity contribution < 1.29 is 23.7 Å². The topological polar surface area (TPSA) is 57.2 Å². The van der Waals surface area contributed by atoms with Gasteiger partial charge >= 0.3 is 0 Å². The molecular weight excluding hydrogens is 348 g/mol. The third kappa shape index (κ3) is 24.0. The number of methoxy groups -OCH3 is 1. The quantitative estimate of drug-likeness (QED) is 0.232. The summed E-state index contributed by atoms with van der Waals surface area (Å²) < 4.78 is 21.2. The summed E-state index contributed by atoms with van der Waals surface area (Å²) in [5.41, 5.74) is 0. The van der Waals surface area contributed by atoms with Gasteiger partial charge in [-0.25, -0.2) is 0 Å². The van der Waals surface area contributed by atoms with Crippen LogP contribution in [-0.4, -0.2) is 66.5 Å². The van der Waals surface area contributed by atoms with Crippen LogP contribution in [0.15, 0.2) is 0 Å². The number of rotatable bonds is 21. The second-order valence-electron chi connectivity index (χ2n) is 7.57. The van der Waals surface area contributed by atoms with Crippen LogP contribution in [0.25, 0.3) is 0 Å². The van der Waals surface area contributed by atoms with E-state index in [4.69, 9.17) is 18.9 Å². The Bertz CT molecular complexity index is 271. The Morgan fingerprint density at radius 1 is 0.538 bits per heavy atom. The molecule has 0 aliphatic rings. The molecule has 0 fully saturated rings. The number of unbranched alkanes of at least 4 members (excludes halogenated alkanes) is 8. The number of hydrogen-bond donors (Lipinski definition) is 1. The third-order valence-corrected chi connectivity index (χ3v) is 5.83. The molecule has 6 heteroatoms. The van der Waals surface area contributed by atoms with Gasteiger partial charge < -0.3 is 23.7 Å². The van der Waals surface area contributed by atoms with Gasteiger partial charge in [0.25, 0.3) is 0 Å². The second-order valence-corrected chi connectivity index (χ2v) is 11.7. The van der Waals surface area contributed by atoms with Gasteiger partial charge in [-0.3, -0.25) is 0 Å². The van der Waals surface area contributed by atoms with Gasteiger partial charge in [-0.1, -0.05) is 51.4 Å². The van der Waals surface area contributed by atoms with Crippen LogP contribution in [0.3, 0.4) is 0 Å². The Kier molecular flexibility index (Phi) is 19.8. The maximum atomic E-state index is 9.78. The molecule has 5 nitrogen and oxygen atoms in total. The molecule has 1 N–H and O–H groups in total. The predicted molar refractivity (Wildman–Crippen MR) is 110 cm³/mol. The van der Waals surface area contributed by atoms with Gasteiger partial charge in [0.15, 0.2) is 8.32 Å². The van der Waals surface area contributed by atoms with Gasteiger partial charge in [0, 0.05) is 13.7 Å². The monoisotopic (exact) mass is 392 g/mol. The van der Waals surface area contributed by atoms with Crippen molar-refractivity contribution in [3.8, 4) is 0 Å². The Hall–Kier alpha value is 0.0169. The van der Waals surface area contributed by atoms with Gasteiger partial charge in [-0.15, -0.1) is 0 Å². The van der Waals surface area contributed by atoms with Crippen LogP contribution in [0.4, 0.5) is 0 Å². The SMILES string of the molecule is COCCOCCOCCOCCCCCCCCCCC[Si](C)(C)O. The lowest BCUT2D eigenvalue weighted by Crippen LogP contribution is -2.23. The van der Waals surface area contributed by atoms with Crippen molar-refractivity contribution in [2.45, 2.75) is 76.9 Å². The molecular formula is C20H44O5Si. The summed E-state index contributed by atoms with van der Waals surface area (Å²) in [4.78, 5) is 9.78. The molecule has 26 heavy (non-hydrogen) atoms. The normalized spacial score (nSPS) is 12.0. The molecule has 0 saturated carbocycles. The first-order chi connectivity index (χ1) is 12.6. The van der Waals surface area contributed by atoms with E-state index in [2.05, 4.69) is 0 Å². The Morgan fingerprint density at radius 3 is 1.38 bits per heavy atom. The number of hydrogen-bond acceptors (Lipinski definition) is 5. The van der Waals surface area contributed by atoms with Crippen molar-refractivity contribution in [1.29, 1.82) is 0 Å². The molecule has 0 heterocycles. The molecule has 0 bridgehead atoms. The molecule has 0 spiro atoms. The summed E-state index contributed by atoms with van der Waals surface area (Å²) >= 11 is 0. The summed E-state index contributed by atoms with van der Waals surface area (Å²) in [5.74, 6) is 0. The van der Waals surface area contributed by atoms with Crippen LogP contribution in [0.1, 0.15) is 57.8 Å². The van der Waals surface area contributed by atoms with Crippen LogP contribution >= 0.6 is 0 Å². The molecule has 0 atom stereocenters. The van der Waals surface area contributed by atoms with Crippen molar-refractivity contribution in [2.75, 3.05) is 53.4 Å². The second kappa shape index (κ2) is 19.8. The zero-order chi connectivity index (χ0) is 19.3. The fourth-order valence-electron chi connectivity index (χ4n) is 2.68. The van der Waals surface area contributed by atoms with Crippen LogP contribution < -0.4 is 0 Å². The highest BCUT2D eigenvalue weighted by molar-refractivity contribution is 6.69. The van der Waals surface area contributed by atoms with E-state index in [9.17, 15) is 4.80 Å². The molecule has 0 rings (SSSR count). The van der Waals surface area contributed by atoms with E-state index in [1.165, 1.54) is 51.4 Å². The third-order valence-electron chi connectivity index (χ3n) is 4.25. The minimum absolute atomic E-state index is 0.616. The highest BCUT2D eigenvalue weighted by Crippen LogP contribution is 2.14. The molecule has 158 valence electrons. The lowest BCUT2D eigenvalue weighted by atomic mass is 10.1. The standard InChI is InChI=1S/C20H44O5Si/c1-22-14-15-24-18-19-25-17-16-23-13-11-9-7-5-4-6-8-10-12-20-26(2,3)21/h21H,4-20H2,1-3H3. The zero-order valence-electron chi connectivity index (χ0n) is 17.6. The summed E-state index contributed by atoms with van der Waals surface area (Å²) in [6, 6.07) is 1.06. The molecule has 0 aliphatic heterocycles. The van der Waals surface area contributed by atoms with Crippen molar-refractivity contribution in [2.24, 2.45) is 0 Å². The predicted octanol–water partition coefficient (Wildman–Crippen LogP) is 4.39. The van der Waals surface area contributed by atoms with E-state index in [1.54, 1.807) is 7.11 Å². The fraction of sp³-hybridized carbons (Fsp3) is 1.00. The molecule has 0 saturated heterocycles. The number of ether oxygens (including phenoxy) is 4.